The van der Waals surface area contributed by atoms with Crippen LogP contribution in [0.25, 0.3) is 0 Å². The second kappa shape index (κ2) is 6.39. The van der Waals surface area contributed by atoms with Gasteiger partial charge in [0.05, 0.1) is 0 Å². The van der Waals surface area contributed by atoms with Gasteiger partial charge in [0.1, 0.15) is 0 Å². The molecule has 0 aromatic carbocycles. The van der Waals surface area contributed by atoms with E-state index in [0.29, 0.717) is 12.0 Å². The first-order valence-electron chi connectivity index (χ1n) is 5.43. The van der Waals surface area contributed by atoms with Gasteiger partial charge in [-0.1, -0.05) is 34.1 Å². The Morgan fingerprint density at radius 2 is 1.77 bits per heavy atom. The Bertz CT molecular complexity index is 123. The number of hydrogen-bond acceptors (Lipinski definition) is 2. The fourth-order valence-electron chi connectivity index (χ4n) is 1.72. The molecule has 2 heteroatoms. The van der Waals surface area contributed by atoms with Crippen LogP contribution in [0.15, 0.2) is 0 Å². The number of rotatable bonds is 6. The predicted molar refractivity (Wildman–Crippen MR) is 59.8 cm³/mol. The van der Waals surface area contributed by atoms with E-state index in [1.54, 1.807) is 0 Å². The molecule has 0 fully saturated rings. The van der Waals surface area contributed by atoms with Gasteiger partial charge >= 0.3 is 0 Å². The highest BCUT2D eigenvalue weighted by Crippen LogP contribution is 2.11. The molecule has 0 saturated carbocycles. The lowest BCUT2D eigenvalue weighted by molar-refractivity contribution is 0.173. The van der Waals surface area contributed by atoms with E-state index >= 15 is 0 Å². The van der Waals surface area contributed by atoms with Crippen molar-refractivity contribution < 1.29 is 0 Å². The molecule has 0 amide bonds. The maximum Gasteiger partial charge on any atom is 0.0238 e. The minimum absolute atomic E-state index is 0.536. The maximum absolute atomic E-state index is 5.75. The van der Waals surface area contributed by atoms with Gasteiger partial charge in [-0.2, -0.15) is 0 Å². The minimum atomic E-state index is 0.536. The molecule has 80 valence electrons. The van der Waals surface area contributed by atoms with Crippen molar-refractivity contribution in [3.05, 3.63) is 0 Å². The fraction of sp³-hybridized carbons (Fsp3) is 1.00. The van der Waals surface area contributed by atoms with E-state index in [0.717, 1.165) is 19.0 Å². The Hall–Kier alpha value is -0.0800. The van der Waals surface area contributed by atoms with Gasteiger partial charge in [0, 0.05) is 19.1 Å². The van der Waals surface area contributed by atoms with Gasteiger partial charge in [-0.25, -0.2) is 0 Å². The van der Waals surface area contributed by atoms with Crippen molar-refractivity contribution in [1.29, 1.82) is 0 Å². The van der Waals surface area contributed by atoms with E-state index in [4.69, 9.17) is 5.73 Å². The van der Waals surface area contributed by atoms with Crippen LogP contribution >= 0.6 is 0 Å². The smallest absolute Gasteiger partial charge is 0.0238 e. The Morgan fingerprint density at radius 3 is 2.08 bits per heavy atom. The second-order valence-electron chi connectivity index (χ2n) is 4.50. The van der Waals surface area contributed by atoms with Gasteiger partial charge in [0.15, 0.2) is 0 Å². The summed E-state index contributed by atoms with van der Waals surface area (Å²) in [6.45, 7) is 11.0. The standard InChI is InChI=1S/C11H26N2/c1-6-10(4)8-13(5)11(7-12)9(2)3/h9-11H,6-8,12H2,1-5H3. The van der Waals surface area contributed by atoms with Crippen molar-refractivity contribution in [2.75, 3.05) is 20.1 Å². The van der Waals surface area contributed by atoms with Crippen LogP contribution in [-0.4, -0.2) is 31.1 Å². The molecule has 2 unspecified atom stereocenters. The van der Waals surface area contributed by atoms with Crippen molar-refractivity contribution in [3.8, 4) is 0 Å². The molecule has 0 bridgehead atoms. The largest absolute Gasteiger partial charge is 0.329 e. The van der Waals surface area contributed by atoms with Crippen LogP contribution in [0.5, 0.6) is 0 Å². The Labute approximate surface area is 83.5 Å². The molecule has 0 aliphatic rings. The Morgan fingerprint density at radius 1 is 1.23 bits per heavy atom. The Kier molecular flexibility index (Phi) is 6.35. The predicted octanol–water partition coefficient (Wildman–Crippen LogP) is 1.95. The average molecular weight is 186 g/mol. The molecule has 0 spiro atoms. The van der Waals surface area contributed by atoms with Crippen LogP contribution in [0.1, 0.15) is 34.1 Å². The fourth-order valence-corrected chi connectivity index (χ4v) is 1.72. The van der Waals surface area contributed by atoms with Crippen LogP contribution in [-0.2, 0) is 0 Å². The van der Waals surface area contributed by atoms with Crippen LogP contribution in [0.3, 0.4) is 0 Å². The topological polar surface area (TPSA) is 29.3 Å². The van der Waals surface area contributed by atoms with Crippen LogP contribution in [0, 0.1) is 11.8 Å². The summed E-state index contributed by atoms with van der Waals surface area (Å²) in [5.41, 5.74) is 5.75. The maximum atomic E-state index is 5.75. The van der Waals surface area contributed by atoms with Crippen LogP contribution in [0.2, 0.25) is 0 Å². The zero-order valence-corrected chi connectivity index (χ0v) is 9.88. The van der Waals surface area contributed by atoms with Crippen LogP contribution < -0.4 is 5.73 Å². The summed E-state index contributed by atoms with van der Waals surface area (Å²) in [6, 6.07) is 0.536. The number of nitrogens with zero attached hydrogens (tertiary/aromatic N) is 1. The molecule has 2 nitrogen and oxygen atoms in total. The molecule has 0 aromatic heterocycles. The quantitative estimate of drug-likeness (QED) is 0.687. The highest BCUT2D eigenvalue weighted by atomic mass is 15.1. The first-order valence-corrected chi connectivity index (χ1v) is 5.43. The van der Waals surface area contributed by atoms with Crippen molar-refractivity contribution >= 4 is 0 Å². The number of hydrogen-bond donors (Lipinski definition) is 1. The summed E-state index contributed by atoms with van der Waals surface area (Å²) in [6.07, 6.45) is 1.25. The van der Waals surface area contributed by atoms with Gasteiger partial charge in [-0.05, 0) is 18.9 Å². The van der Waals surface area contributed by atoms with Crippen LogP contribution in [0.4, 0.5) is 0 Å². The molecule has 0 heterocycles. The molecule has 0 saturated heterocycles. The van der Waals surface area contributed by atoms with E-state index in [2.05, 4.69) is 39.6 Å². The summed E-state index contributed by atoms with van der Waals surface area (Å²) in [5.74, 6) is 1.43. The van der Waals surface area contributed by atoms with Gasteiger partial charge in [-0.15, -0.1) is 0 Å². The first-order chi connectivity index (χ1) is 6.02. The lowest BCUT2D eigenvalue weighted by Crippen LogP contribution is -2.43. The molecular weight excluding hydrogens is 160 g/mol. The molecule has 0 aliphatic heterocycles. The molecular formula is C11H26N2. The third-order valence-electron chi connectivity index (χ3n) is 2.87. The van der Waals surface area contributed by atoms with E-state index in [1.165, 1.54) is 6.42 Å². The second-order valence-corrected chi connectivity index (χ2v) is 4.50. The lowest BCUT2D eigenvalue weighted by Gasteiger charge is -2.31. The van der Waals surface area contributed by atoms with E-state index in [-0.39, 0.29) is 0 Å². The molecule has 13 heavy (non-hydrogen) atoms. The summed E-state index contributed by atoms with van der Waals surface area (Å²) >= 11 is 0. The lowest BCUT2D eigenvalue weighted by atomic mass is 10.0. The number of likely N-dealkylation sites (N-methyl/N-ethyl adjacent to an activating group) is 1. The summed E-state index contributed by atoms with van der Waals surface area (Å²) in [7, 11) is 2.18. The minimum Gasteiger partial charge on any atom is -0.329 e. The summed E-state index contributed by atoms with van der Waals surface area (Å²) in [4.78, 5) is 2.40. The van der Waals surface area contributed by atoms with Crippen molar-refractivity contribution in [2.45, 2.75) is 40.2 Å². The van der Waals surface area contributed by atoms with Gasteiger partial charge < -0.3 is 10.6 Å². The Balaban J connectivity index is 3.97. The molecule has 0 radical (unpaired) electrons. The SMILES string of the molecule is CCC(C)CN(C)C(CN)C(C)C. The third kappa shape index (κ3) is 4.63. The molecule has 0 aliphatic carbocycles. The highest BCUT2D eigenvalue weighted by Gasteiger charge is 2.17. The van der Waals surface area contributed by atoms with Crippen molar-refractivity contribution in [2.24, 2.45) is 17.6 Å². The monoisotopic (exact) mass is 186 g/mol. The normalized spacial score (nSPS) is 16.6. The molecule has 2 atom stereocenters. The van der Waals surface area contributed by atoms with Gasteiger partial charge in [0.25, 0.3) is 0 Å². The third-order valence-corrected chi connectivity index (χ3v) is 2.87. The number of nitrogens with two attached hydrogens (primary N) is 1. The zero-order chi connectivity index (χ0) is 10.4. The summed E-state index contributed by atoms with van der Waals surface area (Å²) < 4.78 is 0. The molecule has 0 aromatic rings. The van der Waals surface area contributed by atoms with Gasteiger partial charge in [0.2, 0.25) is 0 Å². The average Bonchev–Trinajstić information content (AvgIpc) is 2.04. The zero-order valence-electron chi connectivity index (χ0n) is 9.88. The van der Waals surface area contributed by atoms with Crippen molar-refractivity contribution in [3.63, 3.8) is 0 Å². The van der Waals surface area contributed by atoms with E-state index in [1.807, 2.05) is 0 Å². The van der Waals surface area contributed by atoms with Gasteiger partial charge in [-0.3, -0.25) is 0 Å². The summed E-state index contributed by atoms with van der Waals surface area (Å²) in [5, 5.41) is 0. The first kappa shape index (κ1) is 12.9. The van der Waals surface area contributed by atoms with Crippen molar-refractivity contribution in [1.82, 2.24) is 4.90 Å². The van der Waals surface area contributed by atoms with E-state index in [9.17, 15) is 0 Å². The molecule has 0 rings (SSSR count). The van der Waals surface area contributed by atoms with E-state index < -0.39 is 0 Å². The molecule has 2 N–H and O–H groups in total. The highest BCUT2D eigenvalue weighted by molar-refractivity contribution is 4.74.